The minimum atomic E-state index is 0. The first kappa shape index (κ1) is 373. The molecule has 0 aliphatic carbocycles. The van der Waals surface area contributed by atoms with Crippen LogP contribution >= 0.6 is 0 Å². The first-order chi connectivity index (χ1) is 8.00. The largest absolute Gasteiger partial charge is 3.00 e. The number of rotatable bonds is 0. The van der Waals surface area contributed by atoms with Crippen LogP contribution in [-0.2, 0) is 49.5 Å². The summed E-state index contributed by atoms with van der Waals surface area (Å²) in [6.07, 6.45) is 0. The molecule has 2 radical (unpaired) electrons. The molecule has 18 N–H and O–H groups in total. The van der Waals surface area contributed by atoms with Crippen LogP contribution in [0.15, 0.2) is 0 Å². The van der Waals surface area contributed by atoms with E-state index in [9.17, 15) is 0 Å². The Balaban J connectivity index is -0.00000000186. The van der Waals surface area contributed by atoms with Crippen LogP contribution in [0.2, 0.25) is 0 Å². The first-order valence-corrected chi connectivity index (χ1v) is 1.79. The topological polar surface area (TPSA) is 400 Å². The second-order valence-corrected chi connectivity index (χ2v) is 0. The van der Waals surface area contributed by atoms with E-state index in [0.29, 0.717) is 0 Å². The molecule has 17 heteroatoms. The monoisotopic (exact) mass is 484 g/mol. The molecule has 0 saturated heterocycles. The van der Waals surface area contributed by atoms with Crippen LogP contribution < -0.4 is 36.9 Å². The molecule has 0 heterocycles. The zero-order valence-electron chi connectivity index (χ0n) is 12.8. The van der Waals surface area contributed by atoms with Crippen molar-refractivity contribution in [3.63, 3.8) is 0 Å². The van der Waals surface area contributed by atoms with Crippen molar-refractivity contribution in [3.05, 3.63) is 52.6 Å². The fourth-order valence-electron chi connectivity index (χ4n) is 0. The summed E-state index contributed by atoms with van der Waals surface area (Å²) in [6.45, 7) is 38.0. The van der Waals surface area contributed by atoms with E-state index in [1.807, 2.05) is 0 Å². The summed E-state index contributed by atoms with van der Waals surface area (Å²) >= 11 is 0. The van der Waals surface area contributed by atoms with Crippen molar-refractivity contribution in [1.29, 1.82) is 42.1 Å². The predicted molar refractivity (Wildman–Crippen MR) is 69.9 cm³/mol. The molecule has 150 valence electrons. The van der Waals surface area contributed by atoms with Crippen molar-refractivity contribution in [2.75, 3.05) is 0 Å². The Kier molecular flexibility index (Phi) is 15900. The van der Waals surface area contributed by atoms with Gasteiger partial charge >= 0.3 is 49.5 Å². The Hall–Kier alpha value is -2.84. The molecular formula is C8H18N14Ni3. The zero-order valence-corrected chi connectivity index (χ0v) is 15.7. The second kappa shape index (κ2) is 1070. The quantitative estimate of drug-likeness (QED) is 0.209. The summed E-state index contributed by atoms with van der Waals surface area (Å²) < 4.78 is 0. The summed E-state index contributed by atoms with van der Waals surface area (Å²) in [4.78, 5) is 0. The van der Waals surface area contributed by atoms with E-state index in [-0.39, 0.29) is 86.4 Å². The van der Waals surface area contributed by atoms with Crippen LogP contribution in [0.1, 0.15) is 0 Å². The van der Waals surface area contributed by atoms with Crippen molar-refractivity contribution in [2.45, 2.75) is 0 Å². The van der Waals surface area contributed by atoms with Gasteiger partial charge in [0.15, 0.2) is 0 Å². The standard InChI is InChI=1S/8CN.6H3N.3Ni/c8*1-2;;;;;;;;;/h;;;;;;;;6*1H3;;;/q8*-1;;;;;;;+2;2*+3. The average Bonchev–Trinajstić information content (AvgIpc) is 2.54. The molecule has 0 atom stereocenters. The molecule has 0 amide bonds. The third kappa shape index (κ3) is 964. The second-order valence-electron chi connectivity index (χ2n) is 0. The molecule has 14 nitrogen and oxygen atoms in total. The van der Waals surface area contributed by atoms with E-state index in [0.717, 1.165) is 0 Å². The van der Waals surface area contributed by atoms with Gasteiger partial charge in [0.2, 0.25) is 0 Å². The molecule has 0 fully saturated rings. The van der Waals surface area contributed by atoms with Crippen LogP contribution in [0.25, 0.3) is 0 Å². The molecule has 0 spiro atoms. The van der Waals surface area contributed by atoms with E-state index >= 15 is 0 Å². The third-order valence-electron chi connectivity index (χ3n) is 0. The number of nitrogens with zero attached hydrogens (tertiary/aromatic N) is 8. The van der Waals surface area contributed by atoms with Crippen molar-refractivity contribution in [2.24, 2.45) is 0 Å². The molecule has 0 unspecified atom stereocenters. The summed E-state index contributed by atoms with van der Waals surface area (Å²) in [7, 11) is 0. The molecule has 0 saturated carbocycles. The molecule has 0 bridgehead atoms. The minimum absolute atomic E-state index is 0. The van der Waals surface area contributed by atoms with Crippen LogP contribution in [-0.4, -0.2) is 0 Å². The smallest absolute Gasteiger partial charge is 0.512 e. The van der Waals surface area contributed by atoms with E-state index in [4.69, 9.17) is 94.7 Å². The predicted octanol–water partition coefficient (Wildman–Crippen LogP) is 1.74. The van der Waals surface area contributed by atoms with Gasteiger partial charge in [0.05, 0.1) is 0 Å². The Bertz CT molecular complexity index is 144. The summed E-state index contributed by atoms with van der Waals surface area (Å²) in [6, 6.07) is 0. The number of hydrogen-bond donors (Lipinski definition) is 6. The van der Waals surface area contributed by atoms with Gasteiger partial charge in [-0.3, -0.25) is 0 Å². The molecule has 25 heavy (non-hydrogen) atoms. The normalized spacial score (nSPS) is 0.640. The van der Waals surface area contributed by atoms with Gasteiger partial charge in [0.1, 0.15) is 0 Å². The molecule has 0 aromatic carbocycles. The van der Waals surface area contributed by atoms with E-state index < -0.39 is 0 Å². The summed E-state index contributed by atoms with van der Waals surface area (Å²) in [5.74, 6) is 0. The van der Waals surface area contributed by atoms with Crippen molar-refractivity contribution in [1.82, 2.24) is 36.9 Å². The van der Waals surface area contributed by atoms with Gasteiger partial charge in [0, 0.05) is 0 Å². The van der Waals surface area contributed by atoms with E-state index in [1.165, 1.54) is 0 Å². The molecule has 0 aliphatic rings. The molecule has 0 aliphatic heterocycles. The third-order valence-corrected chi connectivity index (χ3v) is 0. The average molecular weight is 486 g/mol. The fraction of sp³-hybridized carbons (Fsp3) is 0. The zero-order chi connectivity index (χ0) is 16.0. The van der Waals surface area contributed by atoms with Crippen molar-refractivity contribution >= 4 is 0 Å². The first-order valence-electron chi connectivity index (χ1n) is 1.79. The SMILES string of the molecule is N.N.N.N.N.N.[C-]#N.[C-]#N.[C-]#N.[C-]#N.[C-]#N.[C-]#N.[C-]#N.[C-]#N.[Ni+2].[Ni+3].[Ni+3]. The van der Waals surface area contributed by atoms with Gasteiger partial charge in [-0.15, -0.1) is 0 Å². The Labute approximate surface area is 180 Å². The van der Waals surface area contributed by atoms with Crippen LogP contribution in [0, 0.1) is 94.7 Å². The maximum Gasteiger partial charge on any atom is 3.00 e. The van der Waals surface area contributed by atoms with Crippen LogP contribution in [0.3, 0.4) is 0 Å². The van der Waals surface area contributed by atoms with Gasteiger partial charge in [0.25, 0.3) is 0 Å². The van der Waals surface area contributed by atoms with Crippen molar-refractivity contribution < 1.29 is 49.5 Å². The van der Waals surface area contributed by atoms with Crippen LogP contribution in [0.4, 0.5) is 0 Å². The van der Waals surface area contributed by atoms with Gasteiger partial charge in [-0.1, -0.05) is 0 Å². The van der Waals surface area contributed by atoms with Crippen molar-refractivity contribution in [3.8, 4) is 0 Å². The van der Waals surface area contributed by atoms with Crippen LogP contribution in [0.5, 0.6) is 0 Å². The van der Waals surface area contributed by atoms with Gasteiger partial charge in [-0.25, -0.2) is 0 Å². The van der Waals surface area contributed by atoms with Gasteiger partial charge in [-0.2, -0.15) is 0 Å². The van der Waals surface area contributed by atoms with Gasteiger partial charge < -0.3 is 132 Å². The van der Waals surface area contributed by atoms with E-state index in [2.05, 4.69) is 0 Å². The number of hydrogen-bond acceptors (Lipinski definition) is 14. The molecule has 0 aromatic rings. The maximum atomic E-state index is 6.25. The molecular weight excluding hydrogens is 468 g/mol. The summed E-state index contributed by atoms with van der Waals surface area (Å²) in [5, 5.41) is 50.0. The Morgan fingerprint density at radius 2 is 0.240 bits per heavy atom. The fourth-order valence-corrected chi connectivity index (χ4v) is 0. The minimum Gasteiger partial charge on any atom is -0.512 e. The Morgan fingerprint density at radius 3 is 0.240 bits per heavy atom. The van der Waals surface area contributed by atoms with E-state index in [1.54, 1.807) is 0 Å². The molecule has 0 aromatic heterocycles. The van der Waals surface area contributed by atoms with Gasteiger partial charge in [-0.05, 0) is 0 Å². The molecule has 0 rings (SSSR count). The maximum absolute atomic E-state index is 6.25. The Morgan fingerprint density at radius 1 is 0.240 bits per heavy atom. The summed E-state index contributed by atoms with van der Waals surface area (Å²) in [5.41, 5.74) is 0.